The lowest BCUT2D eigenvalue weighted by Gasteiger charge is -2.21. The van der Waals surface area contributed by atoms with Crippen LogP contribution in [0.15, 0.2) is 54.6 Å². The average molecular weight is 346 g/mol. The highest BCUT2D eigenvalue weighted by Crippen LogP contribution is 2.26. The number of benzene rings is 2. The summed E-state index contributed by atoms with van der Waals surface area (Å²) < 4.78 is 0. The first-order valence-corrected chi connectivity index (χ1v) is 9.52. The van der Waals surface area contributed by atoms with Crippen molar-refractivity contribution < 1.29 is 5.11 Å². The number of aryl methyl sites for hydroxylation is 2. The lowest BCUT2D eigenvalue weighted by Crippen LogP contribution is -2.24. The molecule has 1 heterocycles. The second kappa shape index (κ2) is 7.56. The van der Waals surface area contributed by atoms with Crippen molar-refractivity contribution in [1.82, 2.24) is 9.88 Å². The molecule has 0 bridgehead atoms. The Hall–Kier alpha value is -2.23. The Kier molecular flexibility index (Phi) is 5.00. The number of hydrogen-bond donors (Lipinski definition) is 1. The quantitative estimate of drug-likeness (QED) is 0.749. The fourth-order valence-electron chi connectivity index (χ4n) is 3.89. The van der Waals surface area contributed by atoms with E-state index in [2.05, 4.69) is 54.4 Å². The summed E-state index contributed by atoms with van der Waals surface area (Å²) in [7, 11) is 2.05. The van der Waals surface area contributed by atoms with Gasteiger partial charge in [-0.25, -0.2) is 0 Å². The first-order valence-electron chi connectivity index (χ1n) is 9.52. The van der Waals surface area contributed by atoms with E-state index < -0.39 is 6.10 Å². The Morgan fingerprint density at radius 1 is 1.04 bits per heavy atom. The number of aliphatic hydroxyl groups excluding tert-OH is 1. The van der Waals surface area contributed by atoms with Crippen molar-refractivity contribution in [3.63, 3.8) is 0 Å². The SMILES string of the molecule is CN(Cc1ccccc1)CC(O)c1ccc2nc3c(cc2c1)CCCC3. The van der Waals surface area contributed by atoms with Crippen LogP contribution in [0.1, 0.15) is 41.3 Å². The van der Waals surface area contributed by atoms with Crippen LogP contribution in [-0.2, 0) is 19.4 Å². The fourth-order valence-corrected chi connectivity index (χ4v) is 3.89. The van der Waals surface area contributed by atoms with Crippen molar-refractivity contribution in [3.05, 3.63) is 77.0 Å². The predicted octanol–water partition coefficient (Wildman–Crippen LogP) is 4.28. The Labute approximate surface area is 155 Å². The van der Waals surface area contributed by atoms with E-state index in [0.29, 0.717) is 6.54 Å². The zero-order valence-corrected chi connectivity index (χ0v) is 15.4. The van der Waals surface area contributed by atoms with Gasteiger partial charge in [-0.2, -0.15) is 0 Å². The first-order chi connectivity index (χ1) is 12.7. The molecule has 3 aromatic rings. The summed E-state index contributed by atoms with van der Waals surface area (Å²) in [6, 6.07) is 18.8. The van der Waals surface area contributed by atoms with Crippen LogP contribution < -0.4 is 0 Å². The second-order valence-corrected chi connectivity index (χ2v) is 7.45. The van der Waals surface area contributed by atoms with Crippen LogP contribution in [-0.4, -0.2) is 28.6 Å². The molecule has 0 radical (unpaired) electrons. The lowest BCUT2D eigenvalue weighted by atomic mass is 9.94. The summed E-state index contributed by atoms with van der Waals surface area (Å²) in [6.45, 7) is 1.44. The number of likely N-dealkylation sites (N-methyl/N-ethyl adjacent to an activating group) is 1. The Morgan fingerprint density at radius 2 is 1.85 bits per heavy atom. The molecule has 0 spiro atoms. The van der Waals surface area contributed by atoms with Crippen molar-refractivity contribution >= 4 is 10.9 Å². The molecule has 1 aliphatic carbocycles. The molecule has 1 unspecified atom stereocenters. The molecule has 1 aromatic heterocycles. The van der Waals surface area contributed by atoms with Crippen molar-refractivity contribution in [2.45, 2.75) is 38.3 Å². The van der Waals surface area contributed by atoms with Gasteiger partial charge in [-0.1, -0.05) is 36.4 Å². The van der Waals surface area contributed by atoms with Crippen molar-refractivity contribution in [2.75, 3.05) is 13.6 Å². The third-order valence-electron chi connectivity index (χ3n) is 5.28. The van der Waals surface area contributed by atoms with E-state index in [0.717, 1.165) is 35.9 Å². The van der Waals surface area contributed by atoms with Crippen LogP contribution in [0.25, 0.3) is 10.9 Å². The molecule has 1 N–H and O–H groups in total. The molecular formula is C23H26N2O. The third kappa shape index (κ3) is 3.79. The molecule has 0 saturated carbocycles. The molecule has 0 aliphatic heterocycles. The number of nitrogens with zero attached hydrogens (tertiary/aromatic N) is 2. The molecule has 0 fully saturated rings. The molecule has 134 valence electrons. The second-order valence-electron chi connectivity index (χ2n) is 7.45. The maximum absolute atomic E-state index is 10.7. The first kappa shape index (κ1) is 17.2. The Balaban J connectivity index is 1.50. The highest BCUT2D eigenvalue weighted by molar-refractivity contribution is 5.80. The highest BCUT2D eigenvalue weighted by atomic mass is 16.3. The Morgan fingerprint density at radius 3 is 2.69 bits per heavy atom. The van der Waals surface area contributed by atoms with Gasteiger partial charge in [0.05, 0.1) is 11.6 Å². The standard InChI is InChI=1S/C23H26N2O/c1-25(15-17-7-3-2-4-8-17)16-23(26)19-11-12-22-20(14-19)13-18-9-5-6-10-21(18)24-22/h2-4,7-8,11-14,23,26H,5-6,9-10,15-16H2,1H3. The zero-order chi connectivity index (χ0) is 17.9. The molecule has 0 saturated heterocycles. The molecule has 3 heteroatoms. The lowest BCUT2D eigenvalue weighted by molar-refractivity contribution is 0.124. The molecule has 1 aliphatic rings. The van der Waals surface area contributed by atoms with Gasteiger partial charge in [0.2, 0.25) is 0 Å². The van der Waals surface area contributed by atoms with Crippen molar-refractivity contribution in [3.8, 4) is 0 Å². The molecular weight excluding hydrogens is 320 g/mol. The largest absolute Gasteiger partial charge is 0.387 e. The van der Waals surface area contributed by atoms with Crippen LogP contribution >= 0.6 is 0 Å². The van der Waals surface area contributed by atoms with Gasteiger partial charge in [0, 0.05) is 24.2 Å². The zero-order valence-electron chi connectivity index (χ0n) is 15.4. The van der Waals surface area contributed by atoms with Crippen LogP contribution in [0.5, 0.6) is 0 Å². The van der Waals surface area contributed by atoms with Crippen molar-refractivity contribution in [2.24, 2.45) is 0 Å². The maximum atomic E-state index is 10.7. The molecule has 26 heavy (non-hydrogen) atoms. The van der Waals surface area contributed by atoms with Crippen LogP contribution in [0.2, 0.25) is 0 Å². The molecule has 2 aromatic carbocycles. The summed E-state index contributed by atoms with van der Waals surface area (Å²) in [5.74, 6) is 0. The summed E-state index contributed by atoms with van der Waals surface area (Å²) in [5.41, 5.74) is 5.92. The summed E-state index contributed by atoms with van der Waals surface area (Å²) in [6.07, 6.45) is 4.23. The van der Waals surface area contributed by atoms with E-state index in [-0.39, 0.29) is 0 Å². The predicted molar refractivity (Wildman–Crippen MR) is 106 cm³/mol. The average Bonchev–Trinajstić information content (AvgIpc) is 2.66. The molecule has 1 atom stereocenters. The number of aliphatic hydroxyl groups is 1. The number of fused-ring (bicyclic) bond motifs is 2. The summed E-state index contributed by atoms with van der Waals surface area (Å²) in [5, 5.41) is 11.9. The number of aromatic nitrogens is 1. The van der Waals surface area contributed by atoms with E-state index in [1.165, 1.54) is 29.7 Å². The number of rotatable bonds is 5. The highest BCUT2D eigenvalue weighted by Gasteiger charge is 2.15. The van der Waals surface area contributed by atoms with Crippen LogP contribution in [0.3, 0.4) is 0 Å². The van der Waals surface area contributed by atoms with E-state index >= 15 is 0 Å². The van der Waals surface area contributed by atoms with E-state index in [4.69, 9.17) is 4.98 Å². The number of hydrogen-bond acceptors (Lipinski definition) is 3. The van der Waals surface area contributed by atoms with Gasteiger partial charge >= 0.3 is 0 Å². The van der Waals surface area contributed by atoms with Gasteiger partial charge in [0.15, 0.2) is 0 Å². The van der Waals surface area contributed by atoms with Crippen LogP contribution in [0.4, 0.5) is 0 Å². The minimum absolute atomic E-state index is 0.496. The minimum Gasteiger partial charge on any atom is -0.387 e. The van der Waals surface area contributed by atoms with Gasteiger partial charge in [0.1, 0.15) is 0 Å². The van der Waals surface area contributed by atoms with Gasteiger partial charge < -0.3 is 5.11 Å². The Bertz CT molecular complexity index is 891. The number of pyridine rings is 1. The van der Waals surface area contributed by atoms with Crippen LogP contribution in [0, 0.1) is 0 Å². The van der Waals surface area contributed by atoms with Gasteiger partial charge in [0.25, 0.3) is 0 Å². The molecule has 3 nitrogen and oxygen atoms in total. The third-order valence-corrected chi connectivity index (χ3v) is 5.28. The minimum atomic E-state index is -0.496. The van der Waals surface area contributed by atoms with E-state index in [1.54, 1.807) is 0 Å². The smallest absolute Gasteiger partial charge is 0.0917 e. The normalized spacial score (nSPS) is 15.2. The van der Waals surface area contributed by atoms with Gasteiger partial charge in [-0.15, -0.1) is 0 Å². The molecule has 0 amide bonds. The fraction of sp³-hybridized carbons (Fsp3) is 0.348. The topological polar surface area (TPSA) is 36.4 Å². The van der Waals surface area contributed by atoms with E-state index in [1.807, 2.05) is 12.1 Å². The van der Waals surface area contributed by atoms with Gasteiger partial charge in [-0.05, 0) is 67.6 Å². The van der Waals surface area contributed by atoms with Crippen molar-refractivity contribution in [1.29, 1.82) is 0 Å². The maximum Gasteiger partial charge on any atom is 0.0917 e. The summed E-state index contributed by atoms with van der Waals surface area (Å²) >= 11 is 0. The van der Waals surface area contributed by atoms with E-state index in [9.17, 15) is 5.11 Å². The summed E-state index contributed by atoms with van der Waals surface area (Å²) in [4.78, 5) is 7.00. The monoisotopic (exact) mass is 346 g/mol. The van der Waals surface area contributed by atoms with Gasteiger partial charge in [-0.3, -0.25) is 9.88 Å². The molecule has 4 rings (SSSR count).